The molecular weight excluding hydrogens is 314 g/mol. The van der Waals surface area contributed by atoms with Crippen LogP contribution in [0.2, 0.25) is 0 Å². The molecule has 4 nitrogen and oxygen atoms in total. The fourth-order valence-electron chi connectivity index (χ4n) is 2.79. The van der Waals surface area contributed by atoms with Crippen molar-refractivity contribution in [3.05, 3.63) is 88.1 Å². The van der Waals surface area contributed by atoms with Crippen molar-refractivity contribution in [2.24, 2.45) is 0 Å². The highest BCUT2D eigenvalue weighted by Crippen LogP contribution is 2.22. The SMILES string of the molecule is Cc1ccc(C(=O)Nc2ccc3c(=O)c4ccccc4oc3c2)cc1. The summed E-state index contributed by atoms with van der Waals surface area (Å²) in [6.45, 7) is 1.97. The lowest BCUT2D eigenvalue weighted by atomic mass is 10.1. The molecule has 0 saturated heterocycles. The molecular formula is C21H15NO3. The summed E-state index contributed by atoms with van der Waals surface area (Å²) < 4.78 is 5.82. The Morgan fingerprint density at radius 3 is 2.40 bits per heavy atom. The van der Waals surface area contributed by atoms with Crippen LogP contribution in [0.5, 0.6) is 0 Å². The van der Waals surface area contributed by atoms with E-state index in [1.807, 2.05) is 25.1 Å². The first-order valence-corrected chi connectivity index (χ1v) is 7.95. The van der Waals surface area contributed by atoms with Crippen LogP contribution in [0.4, 0.5) is 5.69 Å². The summed E-state index contributed by atoms with van der Waals surface area (Å²) in [5, 5.41) is 3.88. The van der Waals surface area contributed by atoms with E-state index in [0.29, 0.717) is 33.2 Å². The number of para-hydroxylation sites is 1. The Morgan fingerprint density at radius 2 is 1.60 bits per heavy atom. The predicted octanol–water partition coefficient (Wildman–Crippen LogP) is 4.51. The predicted molar refractivity (Wildman–Crippen MR) is 99.1 cm³/mol. The van der Waals surface area contributed by atoms with Gasteiger partial charge in [-0.25, -0.2) is 0 Å². The van der Waals surface area contributed by atoms with E-state index in [9.17, 15) is 9.59 Å². The smallest absolute Gasteiger partial charge is 0.255 e. The number of aryl methyl sites for hydroxylation is 1. The molecule has 1 aromatic heterocycles. The molecule has 122 valence electrons. The van der Waals surface area contributed by atoms with Gasteiger partial charge in [0.2, 0.25) is 5.43 Å². The molecule has 3 aromatic carbocycles. The fourth-order valence-corrected chi connectivity index (χ4v) is 2.79. The van der Waals surface area contributed by atoms with Crippen LogP contribution in [-0.2, 0) is 0 Å². The van der Waals surface area contributed by atoms with Crippen LogP contribution in [0, 0.1) is 6.92 Å². The molecule has 0 fully saturated rings. The third-order valence-corrected chi connectivity index (χ3v) is 4.15. The van der Waals surface area contributed by atoms with Crippen molar-refractivity contribution in [2.45, 2.75) is 6.92 Å². The number of carbonyl (C=O) groups is 1. The van der Waals surface area contributed by atoms with Crippen LogP contribution in [0.1, 0.15) is 15.9 Å². The Labute approximate surface area is 143 Å². The van der Waals surface area contributed by atoms with Gasteiger partial charge >= 0.3 is 0 Å². The van der Waals surface area contributed by atoms with Gasteiger partial charge < -0.3 is 9.73 Å². The van der Waals surface area contributed by atoms with Crippen molar-refractivity contribution < 1.29 is 9.21 Å². The zero-order valence-corrected chi connectivity index (χ0v) is 13.6. The monoisotopic (exact) mass is 329 g/mol. The van der Waals surface area contributed by atoms with Crippen LogP contribution in [0.25, 0.3) is 21.9 Å². The Bertz CT molecular complexity index is 1160. The molecule has 4 aromatic rings. The number of hydrogen-bond donors (Lipinski definition) is 1. The Balaban J connectivity index is 1.73. The van der Waals surface area contributed by atoms with Gasteiger partial charge in [0, 0.05) is 17.3 Å². The van der Waals surface area contributed by atoms with Crippen LogP contribution >= 0.6 is 0 Å². The molecule has 0 aliphatic carbocycles. The average Bonchev–Trinajstić information content (AvgIpc) is 2.62. The Hall–Kier alpha value is -3.40. The molecule has 4 rings (SSSR count). The van der Waals surface area contributed by atoms with Gasteiger partial charge in [-0.2, -0.15) is 0 Å². The highest BCUT2D eigenvalue weighted by molar-refractivity contribution is 6.05. The Kier molecular flexibility index (Phi) is 3.58. The second-order valence-electron chi connectivity index (χ2n) is 5.96. The number of anilines is 1. The quantitative estimate of drug-likeness (QED) is 0.551. The van der Waals surface area contributed by atoms with E-state index < -0.39 is 0 Å². The standard InChI is InChI=1S/C21H15NO3/c1-13-6-8-14(9-7-13)21(24)22-15-10-11-17-19(12-15)25-18-5-3-2-4-16(18)20(17)23/h2-12H,1H3,(H,22,24). The minimum Gasteiger partial charge on any atom is -0.456 e. The normalized spacial score (nSPS) is 10.9. The first kappa shape index (κ1) is 15.1. The topological polar surface area (TPSA) is 59.3 Å². The first-order chi connectivity index (χ1) is 12.1. The van der Waals surface area contributed by atoms with Crippen LogP contribution < -0.4 is 10.7 Å². The summed E-state index contributed by atoms with van der Waals surface area (Å²) in [5.41, 5.74) is 3.15. The molecule has 0 aliphatic rings. The minimum absolute atomic E-state index is 0.0757. The van der Waals surface area contributed by atoms with Crippen molar-refractivity contribution in [2.75, 3.05) is 5.32 Å². The molecule has 4 heteroatoms. The summed E-state index contributed by atoms with van der Waals surface area (Å²) in [7, 11) is 0. The number of nitrogens with one attached hydrogen (secondary N) is 1. The molecule has 25 heavy (non-hydrogen) atoms. The zero-order valence-electron chi connectivity index (χ0n) is 13.6. The van der Waals surface area contributed by atoms with Gasteiger partial charge in [-0.15, -0.1) is 0 Å². The lowest BCUT2D eigenvalue weighted by molar-refractivity contribution is 0.102. The number of carbonyl (C=O) groups excluding carboxylic acids is 1. The third-order valence-electron chi connectivity index (χ3n) is 4.15. The van der Waals surface area contributed by atoms with E-state index in [2.05, 4.69) is 5.32 Å². The highest BCUT2D eigenvalue weighted by atomic mass is 16.3. The number of fused-ring (bicyclic) bond motifs is 2. The molecule has 1 heterocycles. The van der Waals surface area contributed by atoms with Gasteiger partial charge in [0.15, 0.2) is 0 Å². The van der Waals surface area contributed by atoms with E-state index >= 15 is 0 Å². The Morgan fingerprint density at radius 1 is 0.880 bits per heavy atom. The van der Waals surface area contributed by atoms with Crippen LogP contribution in [0.3, 0.4) is 0 Å². The van der Waals surface area contributed by atoms with Crippen molar-refractivity contribution in [3.8, 4) is 0 Å². The molecule has 0 atom stereocenters. The maximum atomic E-state index is 12.5. The van der Waals surface area contributed by atoms with Crippen molar-refractivity contribution in [1.82, 2.24) is 0 Å². The van der Waals surface area contributed by atoms with E-state index in [4.69, 9.17) is 4.42 Å². The van der Waals surface area contributed by atoms with E-state index in [1.165, 1.54) is 0 Å². The summed E-state index contributed by atoms with van der Waals surface area (Å²) >= 11 is 0. The van der Waals surface area contributed by atoms with Crippen LogP contribution in [0.15, 0.2) is 75.9 Å². The lowest BCUT2D eigenvalue weighted by Gasteiger charge is -2.07. The number of benzene rings is 3. The lowest BCUT2D eigenvalue weighted by Crippen LogP contribution is -2.12. The minimum atomic E-state index is -0.206. The van der Waals surface area contributed by atoms with Gasteiger partial charge in [-0.3, -0.25) is 9.59 Å². The van der Waals surface area contributed by atoms with Crippen molar-refractivity contribution in [1.29, 1.82) is 0 Å². The number of amides is 1. The second-order valence-corrected chi connectivity index (χ2v) is 5.96. The van der Waals surface area contributed by atoms with E-state index in [0.717, 1.165) is 5.56 Å². The average molecular weight is 329 g/mol. The highest BCUT2D eigenvalue weighted by Gasteiger charge is 2.10. The maximum absolute atomic E-state index is 12.5. The molecule has 0 bridgehead atoms. The summed E-state index contributed by atoms with van der Waals surface area (Å²) in [4.78, 5) is 24.9. The second kappa shape index (κ2) is 5.91. The van der Waals surface area contributed by atoms with E-state index in [1.54, 1.807) is 48.5 Å². The number of rotatable bonds is 2. The van der Waals surface area contributed by atoms with Gasteiger partial charge in [0.25, 0.3) is 5.91 Å². The molecule has 0 aliphatic heterocycles. The third kappa shape index (κ3) is 2.78. The molecule has 1 amide bonds. The van der Waals surface area contributed by atoms with Gasteiger partial charge in [0.1, 0.15) is 11.2 Å². The van der Waals surface area contributed by atoms with Gasteiger partial charge in [-0.1, -0.05) is 29.8 Å². The zero-order chi connectivity index (χ0) is 17.4. The first-order valence-electron chi connectivity index (χ1n) is 7.95. The van der Waals surface area contributed by atoms with Crippen molar-refractivity contribution >= 4 is 33.5 Å². The fraction of sp³-hybridized carbons (Fsp3) is 0.0476. The van der Waals surface area contributed by atoms with Gasteiger partial charge in [-0.05, 0) is 43.3 Å². The molecule has 0 unspecified atom stereocenters. The molecule has 0 spiro atoms. The van der Waals surface area contributed by atoms with Crippen LogP contribution in [-0.4, -0.2) is 5.91 Å². The summed E-state index contributed by atoms with van der Waals surface area (Å²) in [6, 6.07) is 19.5. The number of hydrogen-bond acceptors (Lipinski definition) is 3. The molecule has 0 saturated carbocycles. The molecule has 1 N–H and O–H groups in total. The summed E-state index contributed by atoms with van der Waals surface area (Å²) in [5.74, 6) is -0.206. The summed E-state index contributed by atoms with van der Waals surface area (Å²) in [6.07, 6.45) is 0. The van der Waals surface area contributed by atoms with Gasteiger partial charge in [0.05, 0.1) is 10.8 Å². The van der Waals surface area contributed by atoms with E-state index in [-0.39, 0.29) is 11.3 Å². The molecule has 0 radical (unpaired) electrons. The largest absolute Gasteiger partial charge is 0.456 e. The maximum Gasteiger partial charge on any atom is 0.255 e. The van der Waals surface area contributed by atoms with Crippen molar-refractivity contribution in [3.63, 3.8) is 0 Å².